The Kier molecular flexibility index (Phi) is 4.07. The molecule has 0 aliphatic carbocycles. The number of thiocarbonyl (C=S) groups is 1. The van der Waals surface area contributed by atoms with E-state index in [-0.39, 0.29) is 11.5 Å². The lowest BCUT2D eigenvalue weighted by Gasteiger charge is -2.08. The van der Waals surface area contributed by atoms with Gasteiger partial charge in [-0.25, -0.2) is 13.4 Å². The maximum absolute atomic E-state index is 11.4. The summed E-state index contributed by atoms with van der Waals surface area (Å²) < 4.78 is 22.7. The van der Waals surface area contributed by atoms with E-state index in [1.807, 2.05) is 22.9 Å². The largest absolute Gasteiger partial charge is 0.335 e. The van der Waals surface area contributed by atoms with E-state index in [0.29, 0.717) is 15.9 Å². The number of anilines is 1. The molecule has 9 heteroatoms. The van der Waals surface area contributed by atoms with Crippen molar-refractivity contribution < 1.29 is 8.42 Å². The third-order valence-electron chi connectivity index (χ3n) is 2.73. The SMILES string of the molecule is O=S1(=O)CC=C(NC(=S)Nc2nc(-c3cccs3)cs2)C1. The van der Waals surface area contributed by atoms with Crippen LogP contribution in [0.5, 0.6) is 0 Å². The number of sulfone groups is 1. The average Bonchev–Trinajstić information content (AvgIpc) is 3.09. The van der Waals surface area contributed by atoms with Gasteiger partial charge < -0.3 is 10.6 Å². The molecule has 3 heterocycles. The summed E-state index contributed by atoms with van der Waals surface area (Å²) in [5.41, 5.74) is 1.52. The molecule has 0 fully saturated rings. The molecule has 2 aromatic rings. The summed E-state index contributed by atoms with van der Waals surface area (Å²) in [4.78, 5) is 5.55. The zero-order valence-electron chi connectivity index (χ0n) is 10.7. The maximum Gasteiger partial charge on any atom is 0.189 e. The van der Waals surface area contributed by atoms with Gasteiger partial charge >= 0.3 is 0 Å². The van der Waals surface area contributed by atoms with Crippen LogP contribution >= 0.6 is 34.9 Å². The van der Waals surface area contributed by atoms with Gasteiger partial charge in [-0.3, -0.25) is 0 Å². The van der Waals surface area contributed by atoms with Gasteiger partial charge in [-0.2, -0.15) is 0 Å². The van der Waals surface area contributed by atoms with E-state index in [0.717, 1.165) is 10.6 Å². The quantitative estimate of drug-likeness (QED) is 0.823. The van der Waals surface area contributed by atoms with Crippen LogP contribution in [0.4, 0.5) is 5.13 Å². The Bertz CT molecular complexity index is 790. The van der Waals surface area contributed by atoms with Crippen LogP contribution in [0.25, 0.3) is 10.6 Å². The molecule has 21 heavy (non-hydrogen) atoms. The van der Waals surface area contributed by atoms with Crippen LogP contribution in [0.1, 0.15) is 0 Å². The van der Waals surface area contributed by atoms with Crippen LogP contribution in [0, 0.1) is 0 Å². The van der Waals surface area contributed by atoms with Gasteiger partial charge in [0.05, 0.1) is 22.1 Å². The normalized spacial score (nSPS) is 16.5. The molecule has 0 aromatic carbocycles. The molecule has 0 unspecified atom stereocenters. The molecule has 1 aliphatic heterocycles. The van der Waals surface area contributed by atoms with E-state index < -0.39 is 9.84 Å². The lowest BCUT2D eigenvalue weighted by molar-refractivity contribution is 0.603. The van der Waals surface area contributed by atoms with E-state index in [1.165, 1.54) is 11.3 Å². The number of nitrogens with zero attached hydrogens (tertiary/aromatic N) is 1. The molecule has 2 aromatic heterocycles. The number of nitrogens with one attached hydrogen (secondary N) is 2. The second-order valence-electron chi connectivity index (χ2n) is 4.38. The predicted octanol–water partition coefficient (Wildman–Crippen LogP) is 2.47. The Morgan fingerprint density at radius 1 is 1.33 bits per heavy atom. The average molecular weight is 358 g/mol. The second kappa shape index (κ2) is 5.84. The summed E-state index contributed by atoms with van der Waals surface area (Å²) in [6.45, 7) is 0. The van der Waals surface area contributed by atoms with Crippen molar-refractivity contribution in [2.75, 3.05) is 16.8 Å². The molecular weight excluding hydrogens is 346 g/mol. The van der Waals surface area contributed by atoms with Crippen LogP contribution < -0.4 is 10.6 Å². The van der Waals surface area contributed by atoms with Gasteiger partial charge in [0.25, 0.3) is 0 Å². The molecule has 5 nitrogen and oxygen atoms in total. The first-order chi connectivity index (χ1) is 10.0. The lowest BCUT2D eigenvalue weighted by atomic mass is 10.4. The maximum atomic E-state index is 11.4. The van der Waals surface area contributed by atoms with Crippen LogP contribution in [-0.4, -0.2) is 30.0 Å². The zero-order chi connectivity index (χ0) is 14.9. The van der Waals surface area contributed by atoms with E-state index in [1.54, 1.807) is 17.4 Å². The van der Waals surface area contributed by atoms with Crippen LogP contribution in [0.15, 0.2) is 34.7 Å². The summed E-state index contributed by atoms with van der Waals surface area (Å²) in [5, 5.41) is 10.9. The highest BCUT2D eigenvalue weighted by Crippen LogP contribution is 2.28. The van der Waals surface area contributed by atoms with Gasteiger partial charge in [-0.15, -0.1) is 22.7 Å². The molecule has 110 valence electrons. The Balaban J connectivity index is 1.61. The Labute approximate surface area is 135 Å². The minimum atomic E-state index is -2.99. The Morgan fingerprint density at radius 3 is 2.86 bits per heavy atom. The third kappa shape index (κ3) is 3.67. The first-order valence-corrected chi connectivity index (χ1v) is 9.98. The highest BCUT2D eigenvalue weighted by molar-refractivity contribution is 7.92. The number of hydrogen-bond donors (Lipinski definition) is 2. The molecule has 0 bridgehead atoms. The fourth-order valence-corrected chi connectivity index (χ4v) is 4.82. The first kappa shape index (κ1) is 14.6. The van der Waals surface area contributed by atoms with Gasteiger partial charge in [-0.1, -0.05) is 6.07 Å². The lowest BCUT2D eigenvalue weighted by Crippen LogP contribution is -2.28. The van der Waals surface area contributed by atoms with Crippen LogP contribution in [0.2, 0.25) is 0 Å². The Morgan fingerprint density at radius 2 is 2.19 bits per heavy atom. The van der Waals surface area contributed by atoms with Crippen LogP contribution in [0.3, 0.4) is 0 Å². The number of rotatable bonds is 3. The van der Waals surface area contributed by atoms with Crippen molar-refractivity contribution >= 4 is 55.0 Å². The minimum Gasteiger partial charge on any atom is -0.335 e. The van der Waals surface area contributed by atoms with Crippen molar-refractivity contribution in [3.05, 3.63) is 34.7 Å². The second-order valence-corrected chi connectivity index (χ2v) is 8.70. The van der Waals surface area contributed by atoms with Crippen molar-refractivity contribution in [2.45, 2.75) is 0 Å². The van der Waals surface area contributed by atoms with Gasteiger partial charge in [-0.05, 0) is 29.7 Å². The highest BCUT2D eigenvalue weighted by Gasteiger charge is 2.20. The van der Waals surface area contributed by atoms with Crippen molar-refractivity contribution in [3.63, 3.8) is 0 Å². The third-order valence-corrected chi connectivity index (χ3v) is 6.01. The van der Waals surface area contributed by atoms with E-state index in [2.05, 4.69) is 15.6 Å². The summed E-state index contributed by atoms with van der Waals surface area (Å²) in [6, 6.07) is 3.99. The molecule has 0 spiro atoms. The minimum absolute atomic E-state index is 0.00708. The zero-order valence-corrected chi connectivity index (χ0v) is 14.0. The molecule has 2 N–H and O–H groups in total. The molecule has 0 radical (unpaired) electrons. The number of thiophene rings is 1. The molecular formula is C12H11N3O2S4. The molecule has 0 saturated heterocycles. The van der Waals surface area contributed by atoms with Crippen molar-refractivity contribution in [1.29, 1.82) is 0 Å². The van der Waals surface area contributed by atoms with Gasteiger partial charge in [0.15, 0.2) is 20.1 Å². The molecule has 0 atom stereocenters. The van der Waals surface area contributed by atoms with Crippen molar-refractivity contribution in [2.24, 2.45) is 0 Å². The molecule has 0 saturated carbocycles. The monoisotopic (exact) mass is 357 g/mol. The summed E-state index contributed by atoms with van der Waals surface area (Å²) in [7, 11) is -2.99. The van der Waals surface area contributed by atoms with E-state index in [4.69, 9.17) is 12.2 Å². The van der Waals surface area contributed by atoms with Gasteiger partial charge in [0.2, 0.25) is 0 Å². The van der Waals surface area contributed by atoms with E-state index in [9.17, 15) is 8.42 Å². The fourth-order valence-electron chi connectivity index (χ4n) is 1.81. The highest BCUT2D eigenvalue weighted by atomic mass is 32.2. The molecule has 3 rings (SSSR count). The number of hydrogen-bond acceptors (Lipinski definition) is 6. The smallest absolute Gasteiger partial charge is 0.189 e. The van der Waals surface area contributed by atoms with E-state index >= 15 is 0 Å². The van der Waals surface area contributed by atoms with Crippen LogP contribution in [-0.2, 0) is 9.84 Å². The Hall–Kier alpha value is -1.29. The first-order valence-electron chi connectivity index (χ1n) is 5.99. The van der Waals surface area contributed by atoms with Gasteiger partial charge in [0.1, 0.15) is 0 Å². The summed E-state index contributed by atoms with van der Waals surface area (Å²) in [5.74, 6) is 0.0743. The summed E-state index contributed by atoms with van der Waals surface area (Å²) >= 11 is 8.25. The summed E-state index contributed by atoms with van der Waals surface area (Å²) in [6.07, 6.45) is 1.64. The fraction of sp³-hybridized carbons (Fsp3) is 0.167. The van der Waals surface area contributed by atoms with Crippen molar-refractivity contribution in [1.82, 2.24) is 10.3 Å². The molecule has 0 amide bonds. The topological polar surface area (TPSA) is 71.1 Å². The number of thiazole rings is 1. The number of aromatic nitrogens is 1. The standard InChI is InChI=1S/C12H11N3O2S4/c16-21(17)5-3-8(7-21)13-11(18)15-12-14-9(6-20-12)10-2-1-4-19-10/h1-4,6H,5,7H2,(H2,13,14,15,18). The molecule has 1 aliphatic rings. The predicted molar refractivity (Wildman–Crippen MR) is 91.5 cm³/mol. The van der Waals surface area contributed by atoms with Gasteiger partial charge in [0, 0.05) is 11.1 Å². The van der Waals surface area contributed by atoms with Crippen molar-refractivity contribution in [3.8, 4) is 10.6 Å².